The Hall–Kier alpha value is -1.39. The van der Waals surface area contributed by atoms with Gasteiger partial charge in [-0.2, -0.15) is 0 Å². The van der Waals surface area contributed by atoms with Crippen LogP contribution >= 0.6 is 0 Å². The number of amides is 1. The largest absolute Gasteiger partial charge is 0.633 e. The number of nitrogens with zero attached hydrogens (tertiary/aromatic N) is 1. The van der Waals surface area contributed by atoms with Crippen molar-refractivity contribution in [2.45, 2.75) is 64.2 Å². The lowest BCUT2D eigenvalue weighted by Crippen LogP contribution is -2.42. The molecule has 0 bridgehead atoms. The van der Waals surface area contributed by atoms with Crippen LogP contribution in [-0.4, -0.2) is 37.7 Å². The Morgan fingerprint density at radius 1 is 1.08 bits per heavy atom. The Kier molecular flexibility index (Phi) is 9.15. The van der Waals surface area contributed by atoms with Crippen LogP contribution in [0.1, 0.15) is 64.4 Å². The summed E-state index contributed by atoms with van der Waals surface area (Å²) in [5.41, 5.74) is 1.17. The van der Waals surface area contributed by atoms with E-state index in [-0.39, 0.29) is 16.0 Å². The number of rotatable bonds is 12. The molecule has 142 valence electrons. The molecule has 0 unspecified atom stereocenters. The average Bonchev–Trinajstić information content (AvgIpc) is 2.57. The van der Waals surface area contributed by atoms with Crippen molar-refractivity contribution < 1.29 is 9.44 Å². The van der Waals surface area contributed by atoms with Crippen molar-refractivity contribution in [1.29, 1.82) is 0 Å². The summed E-state index contributed by atoms with van der Waals surface area (Å²) in [5.74, 6) is 0.0597. The molecule has 1 N–H and O–H groups in total. The smallest absolute Gasteiger partial charge is 0.221 e. The van der Waals surface area contributed by atoms with E-state index in [0.29, 0.717) is 19.5 Å². The van der Waals surface area contributed by atoms with Crippen LogP contribution in [0.4, 0.5) is 0 Å². The van der Waals surface area contributed by atoms with E-state index >= 15 is 0 Å². The van der Waals surface area contributed by atoms with Gasteiger partial charge in [-0.25, -0.2) is 0 Å². The normalized spacial score (nSPS) is 12.2. The second-order valence-electron chi connectivity index (χ2n) is 7.68. The number of carbonyl (C=O) groups excluding carboxylic acids is 1. The van der Waals surface area contributed by atoms with Crippen molar-refractivity contribution in [1.82, 2.24) is 5.32 Å². The minimum Gasteiger partial charge on any atom is -0.633 e. The van der Waals surface area contributed by atoms with E-state index in [1.54, 1.807) is 14.1 Å². The molecule has 25 heavy (non-hydrogen) atoms. The van der Waals surface area contributed by atoms with Crippen molar-refractivity contribution in [3.8, 4) is 0 Å². The lowest BCUT2D eigenvalue weighted by molar-refractivity contribution is -0.838. The van der Waals surface area contributed by atoms with E-state index in [1.165, 1.54) is 5.56 Å². The highest BCUT2D eigenvalue weighted by molar-refractivity contribution is 5.77. The van der Waals surface area contributed by atoms with E-state index < -0.39 is 0 Å². The van der Waals surface area contributed by atoms with Gasteiger partial charge in [-0.3, -0.25) is 4.79 Å². The summed E-state index contributed by atoms with van der Waals surface area (Å²) in [4.78, 5) is 12.6. The van der Waals surface area contributed by atoms with Crippen molar-refractivity contribution in [3.05, 3.63) is 41.1 Å². The second kappa shape index (κ2) is 10.6. The van der Waals surface area contributed by atoms with Gasteiger partial charge in [-0.05, 0) is 18.4 Å². The van der Waals surface area contributed by atoms with Gasteiger partial charge >= 0.3 is 0 Å². The number of unbranched alkanes of at least 4 members (excludes halogenated alkanes) is 2. The lowest BCUT2D eigenvalue weighted by Gasteiger charge is -2.35. The number of nitrogens with one attached hydrogen (secondary N) is 1. The first-order chi connectivity index (χ1) is 11.8. The summed E-state index contributed by atoms with van der Waals surface area (Å²) in [6.07, 6.45) is 7.07. The maximum Gasteiger partial charge on any atom is 0.221 e. The zero-order valence-corrected chi connectivity index (χ0v) is 16.5. The van der Waals surface area contributed by atoms with E-state index in [1.807, 2.05) is 6.07 Å². The van der Waals surface area contributed by atoms with Crippen LogP contribution in [0.15, 0.2) is 30.3 Å². The van der Waals surface area contributed by atoms with Gasteiger partial charge in [0.25, 0.3) is 0 Å². The van der Waals surface area contributed by atoms with Crippen LogP contribution in [0.3, 0.4) is 0 Å². The number of hydrogen-bond donors (Lipinski definition) is 1. The molecule has 4 heteroatoms. The number of hydrogen-bond acceptors (Lipinski definition) is 2. The van der Waals surface area contributed by atoms with Crippen molar-refractivity contribution in [2.75, 3.05) is 27.2 Å². The van der Waals surface area contributed by atoms with Gasteiger partial charge in [-0.1, -0.05) is 69.9 Å². The fourth-order valence-corrected chi connectivity index (χ4v) is 3.35. The summed E-state index contributed by atoms with van der Waals surface area (Å²) in [7, 11) is 3.20. The number of carbonyl (C=O) groups is 1. The fourth-order valence-electron chi connectivity index (χ4n) is 3.35. The molecule has 0 radical (unpaired) electrons. The third-order valence-electron chi connectivity index (χ3n) is 4.88. The Bertz CT molecular complexity index is 486. The molecular weight excluding hydrogens is 312 g/mol. The SMILES string of the molecule is CCCCC(CCCC)(CC(=O)NCC[N+](C)(C)[O-])c1ccccc1. The van der Waals surface area contributed by atoms with Gasteiger partial charge in [0.2, 0.25) is 5.91 Å². The van der Waals surface area contributed by atoms with Crippen molar-refractivity contribution >= 4 is 5.91 Å². The monoisotopic (exact) mass is 348 g/mol. The fraction of sp³-hybridized carbons (Fsp3) is 0.667. The predicted octanol–water partition coefficient (Wildman–Crippen LogP) is 4.39. The molecule has 0 atom stereocenters. The maximum absolute atomic E-state index is 12.6. The Morgan fingerprint density at radius 3 is 2.12 bits per heavy atom. The maximum atomic E-state index is 12.6. The summed E-state index contributed by atoms with van der Waals surface area (Å²) in [5, 5.41) is 14.6. The standard InChI is InChI=1S/C21H36N2O2/c1-5-7-14-21(15-8-6-2,19-12-10-9-11-13-19)18-20(24)22-16-17-23(3,4)25/h9-13H,5-8,14-18H2,1-4H3,(H,22,24). The van der Waals surface area contributed by atoms with Gasteiger partial charge in [0, 0.05) is 11.8 Å². The number of quaternary nitrogens is 1. The molecule has 0 saturated carbocycles. The minimum absolute atomic E-state index is 0.0597. The van der Waals surface area contributed by atoms with Crippen LogP contribution in [0.25, 0.3) is 0 Å². The molecule has 4 nitrogen and oxygen atoms in total. The van der Waals surface area contributed by atoms with Gasteiger partial charge in [-0.15, -0.1) is 0 Å². The quantitative estimate of drug-likeness (QED) is 0.450. The molecule has 0 saturated heterocycles. The molecular formula is C21H36N2O2. The van der Waals surface area contributed by atoms with E-state index in [4.69, 9.17) is 0 Å². The van der Waals surface area contributed by atoms with Crippen LogP contribution in [0.5, 0.6) is 0 Å². The first-order valence-electron chi connectivity index (χ1n) is 9.69. The van der Waals surface area contributed by atoms with E-state index in [9.17, 15) is 10.0 Å². The number of benzene rings is 1. The van der Waals surface area contributed by atoms with Crippen LogP contribution in [0, 0.1) is 5.21 Å². The summed E-state index contributed by atoms with van der Waals surface area (Å²) in [6, 6.07) is 10.5. The first kappa shape index (κ1) is 21.7. The molecule has 0 aliphatic heterocycles. The second-order valence-corrected chi connectivity index (χ2v) is 7.68. The van der Waals surface area contributed by atoms with E-state index in [2.05, 4.69) is 43.4 Å². The number of likely N-dealkylation sites (N-methyl/N-ethyl adjacent to an activating group) is 1. The molecule has 0 aliphatic rings. The third kappa shape index (κ3) is 8.02. The topological polar surface area (TPSA) is 52.2 Å². The third-order valence-corrected chi connectivity index (χ3v) is 4.88. The molecule has 1 aromatic rings. The van der Waals surface area contributed by atoms with Gasteiger partial charge < -0.3 is 15.2 Å². The van der Waals surface area contributed by atoms with E-state index in [0.717, 1.165) is 38.5 Å². The van der Waals surface area contributed by atoms with Gasteiger partial charge in [0.05, 0.1) is 27.2 Å². The van der Waals surface area contributed by atoms with Crippen molar-refractivity contribution in [2.24, 2.45) is 0 Å². The Labute approximate surface area is 153 Å². The van der Waals surface area contributed by atoms with Crippen molar-refractivity contribution in [3.63, 3.8) is 0 Å². The van der Waals surface area contributed by atoms with Gasteiger partial charge in [0.1, 0.15) is 0 Å². The zero-order valence-electron chi connectivity index (χ0n) is 16.5. The Morgan fingerprint density at radius 2 is 1.64 bits per heavy atom. The predicted molar refractivity (Wildman–Crippen MR) is 105 cm³/mol. The molecule has 0 spiro atoms. The summed E-state index contributed by atoms with van der Waals surface area (Å²) >= 11 is 0. The summed E-state index contributed by atoms with van der Waals surface area (Å²) < 4.78 is -0.379. The molecule has 1 aromatic carbocycles. The average molecular weight is 349 g/mol. The van der Waals surface area contributed by atoms with Crippen LogP contribution in [0.2, 0.25) is 0 Å². The highest BCUT2D eigenvalue weighted by Gasteiger charge is 2.33. The highest BCUT2D eigenvalue weighted by Crippen LogP contribution is 2.38. The van der Waals surface area contributed by atoms with Crippen LogP contribution < -0.4 is 5.32 Å². The number of hydroxylamine groups is 3. The molecule has 0 heterocycles. The first-order valence-corrected chi connectivity index (χ1v) is 9.69. The molecule has 0 aromatic heterocycles. The molecule has 0 aliphatic carbocycles. The van der Waals surface area contributed by atoms with Crippen LogP contribution in [-0.2, 0) is 10.2 Å². The highest BCUT2D eigenvalue weighted by atomic mass is 16.5. The minimum atomic E-state index is -0.379. The van der Waals surface area contributed by atoms with Gasteiger partial charge in [0.15, 0.2) is 0 Å². The lowest BCUT2D eigenvalue weighted by atomic mass is 9.70. The zero-order chi connectivity index (χ0) is 18.8. The molecule has 1 amide bonds. The molecule has 1 rings (SSSR count). The molecule has 0 fully saturated rings. The summed E-state index contributed by atoms with van der Waals surface area (Å²) in [6.45, 7) is 5.23. The Balaban J connectivity index is 2.89.